The van der Waals surface area contributed by atoms with E-state index in [9.17, 15) is 14.7 Å². The Labute approximate surface area is 103 Å². The number of hydrogen-bond acceptors (Lipinski definition) is 2. The van der Waals surface area contributed by atoms with E-state index >= 15 is 0 Å². The first-order valence-corrected chi connectivity index (χ1v) is 6.69. The molecule has 1 amide bonds. The quantitative estimate of drug-likeness (QED) is 0.609. The van der Waals surface area contributed by atoms with Crippen LogP contribution in [-0.2, 0) is 9.59 Å². The molecule has 2 N–H and O–H groups in total. The number of hydrogen-bond donors (Lipinski definition) is 2. The number of nitrogens with one attached hydrogen (secondary N) is 1. The highest BCUT2D eigenvalue weighted by Gasteiger charge is 2.39. The van der Waals surface area contributed by atoms with Crippen LogP contribution in [0.3, 0.4) is 0 Å². The summed E-state index contributed by atoms with van der Waals surface area (Å²) in [5.41, 5.74) is -0.709. The number of amides is 1. The standard InChI is InChI=1S/C10H16INO3/c11-6-8(13)12-7-10(9(14)15)4-2-1-3-5-10/h1-7H2,(H,12,13)(H,14,15). The van der Waals surface area contributed by atoms with Crippen molar-refractivity contribution >= 4 is 34.5 Å². The number of halogens is 1. The van der Waals surface area contributed by atoms with Crippen molar-refractivity contribution < 1.29 is 14.7 Å². The molecule has 0 spiro atoms. The molecule has 4 nitrogen and oxygen atoms in total. The van der Waals surface area contributed by atoms with Crippen LogP contribution in [0.2, 0.25) is 0 Å². The van der Waals surface area contributed by atoms with Crippen molar-refractivity contribution in [1.29, 1.82) is 0 Å². The molecule has 0 radical (unpaired) electrons. The van der Waals surface area contributed by atoms with Crippen LogP contribution in [-0.4, -0.2) is 28.0 Å². The van der Waals surface area contributed by atoms with Gasteiger partial charge in [0.1, 0.15) is 0 Å². The minimum Gasteiger partial charge on any atom is -0.481 e. The third kappa shape index (κ3) is 3.32. The Hall–Kier alpha value is -0.330. The third-order valence-corrected chi connectivity index (χ3v) is 3.70. The number of aliphatic carboxylic acids is 1. The molecule has 1 aliphatic rings. The Morgan fingerprint density at radius 3 is 2.33 bits per heavy atom. The number of carboxylic acid groups (broad SMARTS) is 1. The number of carbonyl (C=O) groups excluding carboxylic acids is 1. The molecule has 15 heavy (non-hydrogen) atoms. The fourth-order valence-corrected chi connectivity index (χ4v) is 2.28. The van der Waals surface area contributed by atoms with Crippen molar-refractivity contribution in [2.24, 2.45) is 5.41 Å². The van der Waals surface area contributed by atoms with Crippen molar-refractivity contribution in [2.75, 3.05) is 11.0 Å². The summed E-state index contributed by atoms with van der Waals surface area (Å²) in [6.45, 7) is 0.282. The second-order valence-electron chi connectivity index (χ2n) is 4.06. The lowest BCUT2D eigenvalue weighted by atomic mass is 9.74. The SMILES string of the molecule is O=C(CI)NCC1(C(=O)O)CCCCC1. The zero-order chi connectivity index (χ0) is 11.3. The zero-order valence-corrected chi connectivity index (χ0v) is 10.7. The van der Waals surface area contributed by atoms with Crippen molar-refractivity contribution in [3.8, 4) is 0 Å². The summed E-state index contributed by atoms with van der Waals surface area (Å²) in [7, 11) is 0. The highest BCUT2D eigenvalue weighted by atomic mass is 127. The molecule has 0 aromatic rings. The van der Waals surface area contributed by atoms with Crippen molar-refractivity contribution in [3.63, 3.8) is 0 Å². The minimum atomic E-state index is -0.768. The van der Waals surface area contributed by atoms with Gasteiger partial charge in [-0.05, 0) is 12.8 Å². The molecule has 5 heteroatoms. The van der Waals surface area contributed by atoms with Gasteiger partial charge < -0.3 is 10.4 Å². The Balaban J connectivity index is 2.57. The molecule has 0 aliphatic heterocycles. The van der Waals surface area contributed by atoms with E-state index < -0.39 is 11.4 Å². The molecule has 0 saturated heterocycles. The molecule has 0 aromatic carbocycles. The van der Waals surface area contributed by atoms with Crippen molar-refractivity contribution in [1.82, 2.24) is 5.32 Å². The van der Waals surface area contributed by atoms with Gasteiger partial charge in [0.2, 0.25) is 5.91 Å². The van der Waals surface area contributed by atoms with E-state index in [0.29, 0.717) is 17.3 Å². The van der Waals surface area contributed by atoms with Gasteiger partial charge in [0.15, 0.2) is 0 Å². The number of carbonyl (C=O) groups is 2. The fraction of sp³-hybridized carbons (Fsp3) is 0.800. The number of carboxylic acids is 1. The Morgan fingerprint density at radius 2 is 1.87 bits per heavy atom. The van der Waals surface area contributed by atoms with Crippen molar-refractivity contribution in [3.05, 3.63) is 0 Å². The van der Waals surface area contributed by atoms with Crippen LogP contribution < -0.4 is 5.32 Å². The summed E-state index contributed by atoms with van der Waals surface area (Å²) in [5, 5.41) is 11.9. The molecule has 0 bridgehead atoms. The maximum absolute atomic E-state index is 11.2. The predicted octanol–water partition coefficient (Wildman–Crippen LogP) is 1.57. The molecular formula is C10H16INO3. The Bertz CT molecular complexity index is 249. The highest BCUT2D eigenvalue weighted by molar-refractivity contribution is 14.1. The summed E-state index contributed by atoms with van der Waals surface area (Å²) < 4.78 is 0.382. The summed E-state index contributed by atoms with van der Waals surface area (Å²) in [6, 6.07) is 0. The number of rotatable bonds is 4. The molecular weight excluding hydrogens is 309 g/mol. The van der Waals surface area contributed by atoms with E-state index in [1.165, 1.54) is 0 Å². The first-order chi connectivity index (χ1) is 7.10. The highest BCUT2D eigenvalue weighted by Crippen LogP contribution is 2.35. The first-order valence-electron chi connectivity index (χ1n) is 5.17. The Morgan fingerprint density at radius 1 is 1.27 bits per heavy atom. The van der Waals surface area contributed by atoms with Crippen LogP contribution >= 0.6 is 22.6 Å². The number of alkyl halides is 1. The van der Waals surface area contributed by atoms with Gasteiger partial charge in [0.25, 0.3) is 0 Å². The van der Waals surface area contributed by atoms with Gasteiger partial charge in [-0.15, -0.1) is 0 Å². The van der Waals surface area contributed by atoms with Gasteiger partial charge in [-0.2, -0.15) is 0 Å². The monoisotopic (exact) mass is 325 g/mol. The largest absolute Gasteiger partial charge is 0.481 e. The van der Waals surface area contributed by atoms with Crippen molar-refractivity contribution in [2.45, 2.75) is 32.1 Å². The summed E-state index contributed by atoms with van der Waals surface area (Å²) in [6.07, 6.45) is 4.38. The van der Waals surface area contributed by atoms with Gasteiger partial charge in [-0.1, -0.05) is 41.9 Å². The Kier molecular flexibility index (Phi) is 4.82. The fourth-order valence-electron chi connectivity index (χ4n) is 2.01. The second kappa shape index (κ2) is 5.67. The lowest BCUT2D eigenvalue weighted by Crippen LogP contribution is -2.44. The van der Waals surface area contributed by atoms with E-state index in [1.807, 2.05) is 22.6 Å². The lowest BCUT2D eigenvalue weighted by Gasteiger charge is -2.33. The first kappa shape index (κ1) is 12.7. The van der Waals surface area contributed by atoms with Crippen LogP contribution in [0.5, 0.6) is 0 Å². The van der Waals surface area contributed by atoms with E-state index in [4.69, 9.17) is 0 Å². The van der Waals surface area contributed by atoms with Gasteiger partial charge in [-0.25, -0.2) is 0 Å². The predicted molar refractivity (Wildman–Crippen MR) is 65.1 cm³/mol. The van der Waals surface area contributed by atoms with Crippen LogP contribution in [0.4, 0.5) is 0 Å². The molecule has 0 unspecified atom stereocenters. The van der Waals surface area contributed by atoms with E-state index in [-0.39, 0.29) is 12.5 Å². The topological polar surface area (TPSA) is 66.4 Å². The summed E-state index contributed by atoms with van der Waals surface area (Å²) in [4.78, 5) is 22.3. The summed E-state index contributed by atoms with van der Waals surface area (Å²) in [5.74, 6) is -0.849. The molecule has 1 fully saturated rings. The van der Waals surface area contributed by atoms with E-state index in [0.717, 1.165) is 19.3 Å². The molecule has 1 aliphatic carbocycles. The van der Waals surface area contributed by atoms with Gasteiger partial charge in [0, 0.05) is 6.54 Å². The van der Waals surface area contributed by atoms with Crippen LogP contribution in [0, 0.1) is 5.41 Å². The second-order valence-corrected chi connectivity index (χ2v) is 4.82. The maximum Gasteiger partial charge on any atom is 0.311 e. The smallest absolute Gasteiger partial charge is 0.311 e. The van der Waals surface area contributed by atoms with E-state index in [2.05, 4.69) is 5.32 Å². The normalized spacial score (nSPS) is 19.5. The van der Waals surface area contributed by atoms with Crippen LogP contribution in [0.15, 0.2) is 0 Å². The third-order valence-electron chi connectivity index (χ3n) is 3.01. The van der Waals surface area contributed by atoms with Gasteiger partial charge in [-0.3, -0.25) is 9.59 Å². The molecule has 0 atom stereocenters. The average Bonchev–Trinajstić information content (AvgIpc) is 2.27. The molecule has 1 rings (SSSR count). The van der Waals surface area contributed by atoms with Gasteiger partial charge >= 0.3 is 5.97 Å². The molecule has 0 aromatic heterocycles. The molecule has 86 valence electrons. The molecule has 1 saturated carbocycles. The average molecular weight is 325 g/mol. The zero-order valence-electron chi connectivity index (χ0n) is 8.59. The van der Waals surface area contributed by atoms with Crippen LogP contribution in [0.25, 0.3) is 0 Å². The minimum absolute atomic E-state index is 0.0817. The summed E-state index contributed by atoms with van der Waals surface area (Å²) >= 11 is 1.97. The maximum atomic E-state index is 11.2. The molecule has 0 heterocycles. The van der Waals surface area contributed by atoms with Crippen LogP contribution in [0.1, 0.15) is 32.1 Å². The van der Waals surface area contributed by atoms with E-state index in [1.54, 1.807) is 0 Å². The lowest BCUT2D eigenvalue weighted by molar-refractivity contribution is -0.150. The van der Waals surface area contributed by atoms with Gasteiger partial charge in [0.05, 0.1) is 9.84 Å².